The first-order valence-electron chi connectivity index (χ1n) is 7.06. The molecule has 5 nitrogen and oxygen atoms in total. The number of nitrogen functional groups attached to an aromatic ring is 1. The maximum Gasteiger partial charge on any atom is 0.201 e. The average molecular weight is 404 g/mol. The van der Waals surface area contributed by atoms with Crippen LogP contribution in [0.5, 0.6) is 0 Å². The van der Waals surface area contributed by atoms with Crippen molar-refractivity contribution in [2.75, 3.05) is 38.6 Å². The quantitative estimate of drug-likeness (QED) is 0.794. The van der Waals surface area contributed by atoms with Gasteiger partial charge in [-0.15, -0.1) is 0 Å². The number of aryl methyl sites for hydroxylation is 1. The number of benzene rings is 1. The molecule has 1 aliphatic heterocycles. The Kier molecular flexibility index (Phi) is 4.60. The zero-order chi connectivity index (χ0) is 14.8. The van der Waals surface area contributed by atoms with Gasteiger partial charge in [0.05, 0.1) is 27.8 Å². The van der Waals surface area contributed by atoms with Crippen LogP contribution in [0, 0.1) is 9.39 Å². The van der Waals surface area contributed by atoms with Gasteiger partial charge in [-0.05, 0) is 35.1 Å². The molecule has 2 heterocycles. The predicted molar refractivity (Wildman–Crippen MR) is 88.7 cm³/mol. The van der Waals surface area contributed by atoms with Crippen molar-refractivity contribution in [1.29, 1.82) is 0 Å². The number of nitrogens with zero attached hydrogens (tertiary/aromatic N) is 3. The van der Waals surface area contributed by atoms with E-state index < -0.39 is 0 Å². The second kappa shape index (κ2) is 6.45. The van der Waals surface area contributed by atoms with Crippen LogP contribution in [0.15, 0.2) is 12.1 Å². The number of hydrogen-bond acceptors (Lipinski definition) is 4. The van der Waals surface area contributed by atoms with Crippen LogP contribution in [-0.4, -0.2) is 47.3 Å². The highest BCUT2D eigenvalue weighted by atomic mass is 127. The molecule has 0 saturated carbocycles. The van der Waals surface area contributed by atoms with E-state index in [1.54, 1.807) is 6.07 Å². The fourth-order valence-electron chi connectivity index (χ4n) is 2.65. The van der Waals surface area contributed by atoms with Gasteiger partial charge in [-0.3, -0.25) is 4.90 Å². The molecule has 0 aliphatic carbocycles. The minimum Gasteiger partial charge on any atom is -0.379 e. The molecule has 0 atom stereocenters. The fourth-order valence-corrected chi connectivity index (χ4v) is 3.10. The first-order chi connectivity index (χ1) is 10.1. The third-order valence-electron chi connectivity index (χ3n) is 3.78. The molecule has 1 aromatic carbocycles. The number of aromatic nitrogens is 2. The van der Waals surface area contributed by atoms with Crippen LogP contribution in [0.25, 0.3) is 11.0 Å². The molecule has 0 amide bonds. The van der Waals surface area contributed by atoms with Gasteiger partial charge in [0.15, 0.2) is 0 Å². The van der Waals surface area contributed by atoms with Gasteiger partial charge in [-0.2, -0.15) is 0 Å². The molecule has 3 rings (SSSR count). The molecule has 0 radical (unpaired) electrons. The molecule has 1 saturated heterocycles. The van der Waals surface area contributed by atoms with Gasteiger partial charge < -0.3 is 15.0 Å². The summed E-state index contributed by atoms with van der Waals surface area (Å²) in [6.07, 6.45) is 0.962. The van der Waals surface area contributed by atoms with Crippen LogP contribution in [0.2, 0.25) is 0 Å². The number of nitrogens with two attached hydrogens (primary N) is 1. The molecule has 1 fully saturated rings. The van der Waals surface area contributed by atoms with Gasteiger partial charge in [0, 0.05) is 32.2 Å². The lowest BCUT2D eigenvalue weighted by Gasteiger charge is -2.26. The van der Waals surface area contributed by atoms with E-state index in [1.165, 1.54) is 6.07 Å². The van der Waals surface area contributed by atoms with E-state index in [0.717, 1.165) is 56.8 Å². The minimum absolute atomic E-state index is 0.225. The van der Waals surface area contributed by atoms with Crippen molar-refractivity contribution in [1.82, 2.24) is 14.5 Å². The second-order valence-corrected chi connectivity index (χ2v) is 6.35. The van der Waals surface area contributed by atoms with E-state index in [-0.39, 0.29) is 5.82 Å². The standard InChI is InChI=1S/C14H18FIN4O/c15-10-8-13-12(9-11(10)16)18-14(17)20(13)3-1-2-19-4-6-21-7-5-19/h8-9H,1-7H2,(H2,17,18). The third-order valence-corrected chi connectivity index (χ3v) is 4.61. The van der Waals surface area contributed by atoms with Crippen molar-refractivity contribution in [3.8, 4) is 0 Å². The Hall–Kier alpha value is -0.930. The summed E-state index contributed by atoms with van der Waals surface area (Å²) in [5, 5.41) is 0. The highest BCUT2D eigenvalue weighted by Crippen LogP contribution is 2.23. The summed E-state index contributed by atoms with van der Waals surface area (Å²) in [6, 6.07) is 3.26. The molecule has 1 aliphatic rings. The first-order valence-corrected chi connectivity index (χ1v) is 8.14. The van der Waals surface area contributed by atoms with Gasteiger partial charge >= 0.3 is 0 Å². The predicted octanol–water partition coefficient (Wildman–Crippen LogP) is 2.08. The number of fused-ring (bicyclic) bond motifs is 1. The molecule has 114 valence electrons. The van der Waals surface area contributed by atoms with Crippen LogP contribution in [-0.2, 0) is 11.3 Å². The first kappa shape index (κ1) is 15.0. The summed E-state index contributed by atoms with van der Waals surface area (Å²) in [7, 11) is 0. The Morgan fingerprint density at radius 3 is 2.81 bits per heavy atom. The monoisotopic (exact) mass is 404 g/mol. The number of hydrogen-bond donors (Lipinski definition) is 1. The van der Waals surface area contributed by atoms with Crippen LogP contribution < -0.4 is 5.73 Å². The van der Waals surface area contributed by atoms with Crippen LogP contribution in [0.3, 0.4) is 0 Å². The maximum absolute atomic E-state index is 13.7. The normalized spacial score (nSPS) is 16.7. The van der Waals surface area contributed by atoms with E-state index in [1.807, 2.05) is 27.2 Å². The topological polar surface area (TPSA) is 56.3 Å². The molecule has 2 aromatic rings. The number of ether oxygens (including phenoxy) is 1. The van der Waals surface area contributed by atoms with Crippen molar-refractivity contribution in [3.05, 3.63) is 21.5 Å². The molecule has 1 aromatic heterocycles. The largest absolute Gasteiger partial charge is 0.379 e. The molecule has 0 unspecified atom stereocenters. The molecular weight excluding hydrogens is 386 g/mol. The van der Waals surface area contributed by atoms with E-state index in [4.69, 9.17) is 10.5 Å². The number of rotatable bonds is 4. The minimum atomic E-state index is -0.225. The molecule has 0 spiro atoms. The van der Waals surface area contributed by atoms with Crippen molar-refractivity contribution < 1.29 is 9.13 Å². The van der Waals surface area contributed by atoms with Gasteiger partial charge in [0.2, 0.25) is 5.95 Å². The number of imidazole rings is 1. The highest BCUT2D eigenvalue weighted by molar-refractivity contribution is 14.1. The van der Waals surface area contributed by atoms with Crippen molar-refractivity contribution in [2.24, 2.45) is 0 Å². The summed E-state index contributed by atoms with van der Waals surface area (Å²) in [4.78, 5) is 6.69. The Labute approximate surface area is 136 Å². The van der Waals surface area contributed by atoms with Crippen LogP contribution >= 0.6 is 22.6 Å². The van der Waals surface area contributed by atoms with Crippen LogP contribution in [0.1, 0.15) is 6.42 Å². The molecular formula is C14H18FIN4O. The van der Waals surface area contributed by atoms with E-state index in [9.17, 15) is 4.39 Å². The number of anilines is 1. The second-order valence-electron chi connectivity index (χ2n) is 5.18. The molecule has 7 heteroatoms. The van der Waals surface area contributed by atoms with Gasteiger partial charge in [-0.1, -0.05) is 0 Å². The lowest BCUT2D eigenvalue weighted by Crippen LogP contribution is -2.37. The van der Waals surface area contributed by atoms with Gasteiger partial charge in [0.25, 0.3) is 0 Å². The Morgan fingerprint density at radius 1 is 1.29 bits per heavy atom. The molecule has 21 heavy (non-hydrogen) atoms. The lowest BCUT2D eigenvalue weighted by atomic mass is 10.3. The summed E-state index contributed by atoms with van der Waals surface area (Å²) in [6.45, 7) is 5.31. The Morgan fingerprint density at radius 2 is 2.05 bits per heavy atom. The highest BCUT2D eigenvalue weighted by Gasteiger charge is 2.13. The molecule has 2 N–H and O–H groups in total. The SMILES string of the molecule is Nc1nc2cc(I)c(F)cc2n1CCCN1CCOCC1. The van der Waals surface area contributed by atoms with Gasteiger partial charge in [-0.25, -0.2) is 9.37 Å². The molecule has 0 bridgehead atoms. The van der Waals surface area contributed by atoms with E-state index >= 15 is 0 Å². The number of halogens is 2. The van der Waals surface area contributed by atoms with Crippen molar-refractivity contribution in [2.45, 2.75) is 13.0 Å². The van der Waals surface area contributed by atoms with E-state index in [2.05, 4.69) is 9.88 Å². The smallest absolute Gasteiger partial charge is 0.201 e. The van der Waals surface area contributed by atoms with Gasteiger partial charge in [0.1, 0.15) is 5.82 Å². The zero-order valence-electron chi connectivity index (χ0n) is 11.7. The summed E-state index contributed by atoms with van der Waals surface area (Å²) in [5.41, 5.74) is 7.49. The summed E-state index contributed by atoms with van der Waals surface area (Å²) < 4.78 is 21.5. The Balaban J connectivity index is 1.71. The average Bonchev–Trinajstić information content (AvgIpc) is 2.76. The summed E-state index contributed by atoms with van der Waals surface area (Å²) in [5.74, 6) is 0.228. The zero-order valence-corrected chi connectivity index (χ0v) is 13.8. The van der Waals surface area contributed by atoms with Crippen molar-refractivity contribution in [3.63, 3.8) is 0 Å². The lowest BCUT2D eigenvalue weighted by molar-refractivity contribution is 0.0370. The third kappa shape index (κ3) is 3.29. The Bertz CT molecular complexity index is 639. The van der Waals surface area contributed by atoms with E-state index in [0.29, 0.717) is 9.52 Å². The maximum atomic E-state index is 13.7. The van der Waals surface area contributed by atoms with Crippen molar-refractivity contribution >= 4 is 39.6 Å². The fraction of sp³-hybridized carbons (Fsp3) is 0.500. The number of morpholine rings is 1. The van der Waals surface area contributed by atoms with Crippen LogP contribution in [0.4, 0.5) is 10.3 Å². The summed E-state index contributed by atoms with van der Waals surface area (Å²) >= 11 is 1.97.